The van der Waals surface area contributed by atoms with Gasteiger partial charge >= 0.3 is 7.82 Å². The first-order valence-corrected chi connectivity index (χ1v) is 14.2. The molecule has 9 heteroatoms. The lowest BCUT2D eigenvalue weighted by atomic mass is 9.93. The van der Waals surface area contributed by atoms with Crippen LogP contribution < -0.4 is 10.5 Å². The van der Waals surface area contributed by atoms with Crippen molar-refractivity contribution in [3.05, 3.63) is 76.5 Å². The second kappa shape index (κ2) is 13.3. The molecule has 0 saturated carbocycles. The fraction of sp³-hybridized carbons (Fsp3) is 0.385. The molecule has 0 spiro atoms. The van der Waals surface area contributed by atoms with Crippen molar-refractivity contribution in [1.82, 2.24) is 0 Å². The van der Waals surface area contributed by atoms with Gasteiger partial charge < -0.3 is 25.4 Å². The maximum atomic E-state index is 11.0. The first-order chi connectivity index (χ1) is 16.8. The Balaban J connectivity index is 1.56. The highest BCUT2D eigenvalue weighted by atomic mass is 32.1. The summed E-state index contributed by atoms with van der Waals surface area (Å²) in [6, 6.07) is 18.5. The summed E-state index contributed by atoms with van der Waals surface area (Å²) in [5, 5.41) is 13.7. The van der Waals surface area contributed by atoms with Crippen molar-refractivity contribution in [3.8, 4) is 16.9 Å². The number of benzene rings is 2. The Hall–Kier alpha value is -2.03. The molecule has 0 aliphatic heterocycles. The molecule has 3 aromatic rings. The average molecular weight is 520 g/mol. The van der Waals surface area contributed by atoms with Gasteiger partial charge in [0.1, 0.15) is 5.75 Å². The number of nitrogens with two attached hydrogens (primary N) is 1. The van der Waals surface area contributed by atoms with E-state index in [1.54, 1.807) is 11.3 Å². The van der Waals surface area contributed by atoms with E-state index in [9.17, 15) is 9.67 Å². The Kier molecular flexibility index (Phi) is 10.5. The molecule has 35 heavy (non-hydrogen) atoms. The number of aryl methyl sites for hydroxylation is 2. The topological polar surface area (TPSA) is 122 Å². The molecule has 0 fully saturated rings. The molecule has 2 aromatic carbocycles. The molecule has 3 rings (SSSR count). The summed E-state index contributed by atoms with van der Waals surface area (Å²) >= 11 is 1.61. The SMILES string of the molecule is NC(CO)(CCc1ccc(OCCCCCc2ccccc2)c(-c2ccsc2)c1)COP(=O)(O)O. The maximum Gasteiger partial charge on any atom is 0.469 e. The van der Waals surface area contributed by atoms with Gasteiger partial charge in [0.2, 0.25) is 0 Å². The summed E-state index contributed by atoms with van der Waals surface area (Å²) < 4.78 is 21.7. The number of hydrogen-bond acceptors (Lipinski definition) is 6. The van der Waals surface area contributed by atoms with Crippen molar-refractivity contribution in [3.63, 3.8) is 0 Å². The molecule has 1 atom stereocenters. The number of unbranched alkanes of at least 4 members (excludes halogenated alkanes) is 2. The van der Waals surface area contributed by atoms with Crippen LogP contribution in [0.1, 0.15) is 36.8 Å². The number of aliphatic hydroxyl groups excluding tert-OH is 1. The zero-order valence-electron chi connectivity index (χ0n) is 19.7. The zero-order chi connectivity index (χ0) is 25.2. The third-order valence-electron chi connectivity index (χ3n) is 5.83. The second-order valence-corrected chi connectivity index (χ2v) is 10.8. The van der Waals surface area contributed by atoms with Crippen molar-refractivity contribution in [1.29, 1.82) is 0 Å². The number of phosphoric acid groups is 1. The van der Waals surface area contributed by atoms with Crippen molar-refractivity contribution >= 4 is 19.2 Å². The molecule has 0 aliphatic rings. The van der Waals surface area contributed by atoms with Crippen LogP contribution in [0.25, 0.3) is 11.1 Å². The van der Waals surface area contributed by atoms with E-state index in [4.69, 9.17) is 20.3 Å². The molecule has 5 N–H and O–H groups in total. The van der Waals surface area contributed by atoms with Crippen molar-refractivity contribution in [2.45, 2.75) is 44.1 Å². The Morgan fingerprint density at radius 1 is 0.971 bits per heavy atom. The van der Waals surface area contributed by atoms with Crippen LogP contribution in [0.15, 0.2) is 65.4 Å². The monoisotopic (exact) mass is 519 g/mol. The number of hydrogen-bond donors (Lipinski definition) is 4. The first kappa shape index (κ1) is 27.6. The lowest BCUT2D eigenvalue weighted by Gasteiger charge is -2.27. The predicted octanol–water partition coefficient (Wildman–Crippen LogP) is 4.94. The largest absolute Gasteiger partial charge is 0.493 e. The quantitative estimate of drug-likeness (QED) is 0.166. The summed E-state index contributed by atoms with van der Waals surface area (Å²) in [7, 11) is -4.66. The molecule has 0 bridgehead atoms. The molecule has 1 aromatic heterocycles. The number of rotatable bonds is 15. The molecule has 190 valence electrons. The summed E-state index contributed by atoms with van der Waals surface area (Å²) in [5.41, 5.74) is 9.28. The van der Waals surface area contributed by atoms with Crippen LogP contribution in [0.5, 0.6) is 5.75 Å². The van der Waals surface area contributed by atoms with Crippen molar-refractivity contribution < 1.29 is 28.7 Å². The molecule has 0 amide bonds. The normalized spacial score (nSPS) is 13.5. The van der Waals surface area contributed by atoms with Gasteiger partial charge in [-0.05, 0) is 84.2 Å². The van der Waals surface area contributed by atoms with Crippen LogP contribution in [0.4, 0.5) is 0 Å². The lowest BCUT2D eigenvalue weighted by Crippen LogP contribution is -2.48. The third-order valence-corrected chi connectivity index (χ3v) is 6.98. The van der Waals surface area contributed by atoms with Gasteiger partial charge in [-0.1, -0.05) is 36.4 Å². The van der Waals surface area contributed by atoms with Crippen LogP contribution in [-0.2, 0) is 21.9 Å². The number of thiophene rings is 1. The van der Waals surface area contributed by atoms with Crippen LogP contribution in [-0.4, -0.2) is 40.3 Å². The molecule has 0 saturated heterocycles. The van der Waals surface area contributed by atoms with E-state index in [2.05, 4.69) is 40.2 Å². The fourth-order valence-corrected chi connectivity index (χ4v) is 4.82. The number of ether oxygens (including phenoxy) is 1. The van der Waals surface area contributed by atoms with Gasteiger partial charge in [0.25, 0.3) is 0 Å². The molecule has 0 aliphatic carbocycles. The molecule has 7 nitrogen and oxygen atoms in total. The van der Waals surface area contributed by atoms with E-state index in [0.717, 1.165) is 48.1 Å². The highest BCUT2D eigenvalue weighted by Crippen LogP contribution is 2.37. The smallest absolute Gasteiger partial charge is 0.469 e. The predicted molar refractivity (Wildman–Crippen MR) is 140 cm³/mol. The highest BCUT2D eigenvalue weighted by Gasteiger charge is 2.28. The fourth-order valence-electron chi connectivity index (χ4n) is 3.74. The van der Waals surface area contributed by atoms with E-state index in [1.807, 2.05) is 29.6 Å². The summed E-state index contributed by atoms with van der Waals surface area (Å²) in [6.07, 6.45) is 5.08. The van der Waals surface area contributed by atoms with Gasteiger partial charge in [-0.2, -0.15) is 11.3 Å². The molecule has 0 radical (unpaired) electrons. The lowest BCUT2D eigenvalue weighted by molar-refractivity contribution is 0.102. The molecule has 1 heterocycles. The van der Waals surface area contributed by atoms with E-state index in [-0.39, 0.29) is 0 Å². The van der Waals surface area contributed by atoms with Gasteiger partial charge in [-0.25, -0.2) is 4.57 Å². The van der Waals surface area contributed by atoms with Crippen LogP contribution in [0.2, 0.25) is 0 Å². The van der Waals surface area contributed by atoms with Crippen LogP contribution >= 0.6 is 19.2 Å². The standard InChI is InChI=1S/C26H34NO6PS/c27-26(19-28,20-33-34(29,30)31)14-12-22-10-11-25(24(17-22)23-13-16-35-18-23)32-15-6-2-5-9-21-7-3-1-4-8-21/h1,3-4,7-8,10-11,13,16-18,28H,2,5-6,9,12,14-15,19-20,27H2,(H2,29,30,31). The third kappa shape index (κ3) is 9.50. The van der Waals surface area contributed by atoms with Gasteiger partial charge in [-0.15, -0.1) is 0 Å². The van der Waals surface area contributed by atoms with E-state index in [1.165, 1.54) is 5.56 Å². The molecular formula is C26H34NO6PS. The second-order valence-electron chi connectivity index (χ2n) is 8.77. The van der Waals surface area contributed by atoms with E-state index in [0.29, 0.717) is 19.4 Å². The van der Waals surface area contributed by atoms with Crippen LogP contribution in [0.3, 0.4) is 0 Å². The van der Waals surface area contributed by atoms with Crippen molar-refractivity contribution in [2.24, 2.45) is 5.73 Å². The van der Waals surface area contributed by atoms with Gasteiger partial charge in [-0.3, -0.25) is 4.52 Å². The minimum absolute atomic E-state index is 0.300. The summed E-state index contributed by atoms with van der Waals surface area (Å²) in [6.45, 7) is -0.242. The van der Waals surface area contributed by atoms with Gasteiger partial charge in [0.05, 0.1) is 25.4 Å². The number of phosphoric ester groups is 1. The Morgan fingerprint density at radius 3 is 2.46 bits per heavy atom. The number of aliphatic hydroxyl groups is 1. The molecule has 1 unspecified atom stereocenters. The summed E-state index contributed by atoms with van der Waals surface area (Å²) in [5.74, 6) is 0.821. The minimum atomic E-state index is -4.66. The van der Waals surface area contributed by atoms with Crippen molar-refractivity contribution in [2.75, 3.05) is 19.8 Å². The summed E-state index contributed by atoms with van der Waals surface area (Å²) in [4.78, 5) is 17.9. The zero-order valence-corrected chi connectivity index (χ0v) is 21.4. The van der Waals surface area contributed by atoms with Gasteiger partial charge in [0, 0.05) is 5.56 Å². The minimum Gasteiger partial charge on any atom is -0.493 e. The van der Waals surface area contributed by atoms with E-state index < -0.39 is 26.6 Å². The first-order valence-electron chi connectivity index (χ1n) is 11.7. The highest BCUT2D eigenvalue weighted by molar-refractivity contribution is 7.46. The van der Waals surface area contributed by atoms with Crippen LogP contribution in [0, 0.1) is 0 Å². The van der Waals surface area contributed by atoms with Gasteiger partial charge in [0.15, 0.2) is 0 Å². The molecular weight excluding hydrogens is 485 g/mol. The van der Waals surface area contributed by atoms with E-state index >= 15 is 0 Å². The maximum absolute atomic E-state index is 11.0. The Labute approximate surface area is 210 Å². The average Bonchev–Trinajstić information content (AvgIpc) is 3.39. The Bertz CT molecular complexity index is 1070. The Morgan fingerprint density at radius 2 is 1.77 bits per heavy atom.